The Morgan fingerprint density at radius 2 is 1.80 bits per heavy atom. The fourth-order valence-electron chi connectivity index (χ4n) is 2.73. The number of carbonyl (C=O) groups excluding carboxylic acids is 3. The van der Waals surface area contributed by atoms with E-state index in [2.05, 4.69) is 0 Å². The van der Waals surface area contributed by atoms with Gasteiger partial charge in [-0.3, -0.25) is 14.4 Å². The van der Waals surface area contributed by atoms with Crippen molar-refractivity contribution in [3.05, 3.63) is 59.1 Å². The minimum atomic E-state index is -0.559. The van der Waals surface area contributed by atoms with Gasteiger partial charge in [-0.1, -0.05) is 23.7 Å². The van der Waals surface area contributed by atoms with E-state index in [1.165, 1.54) is 11.8 Å². The van der Waals surface area contributed by atoms with E-state index < -0.39 is 11.9 Å². The average molecular weight is 358 g/mol. The van der Waals surface area contributed by atoms with E-state index in [0.717, 1.165) is 0 Å². The van der Waals surface area contributed by atoms with Crippen LogP contribution in [0.5, 0.6) is 5.75 Å². The van der Waals surface area contributed by atoms with E-state index >= 15 is 0 Å². The largest absolute Gasteiger partial charge is 0.426 e. The summed E-state index contributed by atoms with van der Waals surface area (Å²) in [5.74, 6) is -0.912. The predicted molar refractivity (Wildman–Crippen MR) is 94.0 cm³/mol. The van der Waals surface area contributed by atoms with Gasteiger partial charge in [0.15, 0.2) is 5.78 Å². The molecule has 2 aromatic carbocycles. The minimum Gasteiger partial charge on any atom is -0.426 e. The van der Waals surface area contributed by atoms with Crippen LogP contribution in [0, 0.1) is 5.92 Å². The van der Waals surface area contributed by atoms with Crippen molar-refractivity contribution in [2.75, 3.05) is 11.4 Å². The number of para-hydroxylation sites is 1. The number of amides is 1. The number of ketones is 1. The van der Waals surface area contributed by atoms with Gasteiger partial charge in [0, 0.05) is 18.5 Å². The second-order valence-electron chi connectivity index (χ2n) is 5.86. The van der Waals surface area contributed by atoms with Crippen LogP contribution in [0.15, 0.2) is 48.5 Å². The van der Waals surface area contributed by atoms with Gasteiger partial charge in [0.05, 0.1) is 16.6 Å². The molecule has 5 nitrogen and oxygen atoms in total. The van der Waals surface area contributed by atoms with Crippen molar-refractivity contribution >= 4 is 34.9 Å². The predicted octanol–water partition coefficient (Wildman–Crippen LogP) is 3.50. The quantitative estimate of drug-likeness (QED) is 0.477. The molecule has 3 rings (SSSR count). The maximum absolute atomic E-state index is 12.3. The zero-order valence-electron chi connectivity index (χ0n) is 13.6. The van der Waals surface area contributed by atoms with E-state index in [-0.39, 0.29) is 24.7 Å². The summed E-state index contributed by atoms with van der Waals surface area (Å²) in [6.07, 6.45) is 0.0790. The lowest BCUT2D eigenvalue weighted by atomic mass is 10.1. The van der Waals surface area contributed by atoms with Gasteiger partial charge in [0.25, 0.3) is 0 Å². The lowest BCUT2D eigenvalue weighted by molar-refractivity contribution is -0.139. The van der Waals surface area contributed by atoms with Crippen LogP contribution >= 0.6 is 11.6 Å². The molecular weight excluding hydrogens is 342 g/mol. The van der Waals surface area contributed by atoms with Crippen molar-refractivity contribution < 1.29 is 19.1 Å². The topological polar surface area (TPSA) is 63.7 Å². The lowest BCUT2D eigenvalue weighted by Crippen LogP contribution is -2.27. The molecule has 1 aliphatic rings. The van der Waals surface area contributed by atoms with Gasteiger partial charge in [-0.05, 0) is 43.3 Å². The molecule has 1 saturated heterocycles. The standard InChI is InChI=1S/C19H16ClNO4/c1-12(22)13-6-8-15(9-7-13)25-19(24)14-10-18(23)21(11-14)17-5-3-2-4-16(17)20/h2-9,14H,10-11H2,1H3/t14-/m0/s1. The van der Waals surface area contributed by atoms with Crippen molar-refractivity contribution in [1.82, 2.24) is 0 Å². The summed E-state index contributed by atoms with van der Waals surface area (Å²) in [4.78, 5) is 37.3. The fourth-order valence-corrected chi connectivity index (χ4v) is 2.96. The normalized spacial score (nSPS) is 16.8. The van der Waals surface area contributed by atoms with Crippen molar-refractivity contribution in [1.29, 1.82) is 0 Å². The Morgan fingerprint density at radius 1 is 1.12 bits per heavy atom. The number of Topliss-reactive ketones (excluding diaryl/α,β-unsaturated/α-hetero) is 1. The third-order valence-electron chi connectivity index (χ3n) is 4.08. The molecule has 0 N–H and O–H groups in total. The molecule has 1 heterocycles. The van der Waals surface area contributed by atoms with Crippen molar-refractivity contribution in [3.8, 4) is 5.75 Å². The van der Waals surface area contributed by atoms with E-state index in [0.29, 0.717) is 22.0 Å². The molecule has 0 saturated carbocycles. The second-order valence-corrected chi connectivity index (χ2v) is 6.27. The molecule has 1 amide bonds. The first-order valence-electron chi connectivity index (χ1n) is 7.83. The molecule has 0 bridgehead atoms. The van der Waals surface area contributed by atoms with E-state index in [9.17, 15) is 14.4 Å². The maximum atomic E-state index is 12.3. The van der Waals surface area contributed by atoms with Crippen molar-refractivity contribution in [2.45, 2.75) is 13.3 Å². The average Bonchev–Trinajstić information content (AvgIpc) is 2.97. The molecule has 0 spiro atoms. The number of halogens is 1. The summed E-state index contributed by atoms with van der Waals surface area (Å²) in [6.45, 7) is 1.70. The van der Waals surface area contributed by atoms with Gasteiger partial charge in [-0.2, -0.15) is 0 Å². The Labute approximate surface area is 150 Å². The van der Waals surface area contributed by atoms with Gasteiger partial charge < -0.3 is 9.64 Å². The summed E-state index contributed by atoms with van der Waals surface area (Å²) in [7, 11) is 0. The minimum absolute atomic E-state index is 0.0605. The third kappa shape index (κ3) is 3.72. The van der Waals surface area contributed by atoms with E-state index in [4.69, 9.17) is 16.3 Å². The van der Waals surface area contributed by atoms with Gasteiger partial charge in [-0.25, -0.2) is 0 Å². The zero-order chi connectivity index (χ0) is 18.0. The Morgan fingerprint density at radius 3 is 2.44 bits per heavy atom. The molecule has 0 aromatic heterocycles. The molecule has 1 aliphatic heterocycles. The highest BCUT2D eigenvalue weighted by molar-refractivity contribution is 6.33. The molecule has 6 heteroatoms. The first-order chi connectivity index (χ1) is 12.0. The number of rotatable bonds is 4. The first-order valence-corrected chi connectivity index (χ1v) is 8.21. The number of anilines is 1. The SMILES string of the molecule is CC(=O)c1ccc(OC(=O)[C@H]2CC(=O)N(c3ccccc3Cl)C2)cc1. The van der Waals surface area contributed by atoms with Crippen molar-refractivity contribution in [3.63, 3.8) is 0 Å². The van der Waals surface area contributed by atoms with Crippen LogP contribution in [0.3, 0.4) is 0 Å². The van der Waals surface area contributed by atoms with Crippen LogP contribution in [0.2, 0.25) is 5.02 Å². The number of hydrogen-bond donors (Lipinski definition) is 0. The number of carbonyl (C=O) groups is 3. The van der Waals surface area contributed by atoms with Gasteiger partial charge in [0.2, 0.25) is 5.91 Å². The Kier molecular flexibility index (Phi) is 4.86. The van der Waals surface area contributed by atoms with Gasteiger partial charge in [0.1, 0.15) is 5.75 Å². The zero-order valence-corrected chi connectivity index (χ0v) is 14.3. The lowest BCUT2D eigenvalue weighted by Gasteiger charge is -2.17. The smallest absolute Gasteiger partial charge is 0.316 e. The van der Waals surface area contributed by atoms with Gasteiger partial charge >= 0.3 is 5.97 Å². The number of hydrogen-bond acceptors (Lipinski definition) is 4. The molecule has 2 aromatic rings. The summed E-state index contributed by atoms with van der Waals surface area (Å²) in [6, 6.07) is 13.3. The first kappa shape index (κ1) is 17.2. The molecule has 1 atom stereocenters. The second kappa shape index (κ2) is 7.07. The molecule has 0 radical (unpaired) electrons. The van der Waals surface area contributed by atoms with E-state index in [1.54, 1.807) is 48.5 Å². The highest BCUT2D eigenvalue weighted by atomic mass is 35.5. The number of ether oxygens (including phenoxy) is 1. The molecule has 128 valence electrons. The van der Waals surface area contributed by atoms with Crippen LogP contribution in [0.4, 0.5) is 5.69 Å². The third-order valence-corrected chi connectivity index (χ3v) is 4.40. The van der Waals surface area contributed by atoms with Crippen LogP contribution in [0.25, 0.3) is 0 Å². The van der Waals surface area contributed by atoms with Crippen molar-refractivity contribution in [2.24, 2.45) is 5.92 Å². The summed E-state index contributed by atoms with van der Waals surface area (Å²) < 4.78 is 5.33. The van der Waals surface area contributed by atoms with Gasteiger partial charge in [-0.15, -0.1) is 0 Å². The number of esters is 1. The fraction of sp³-hybridized carbons (Fsp3) is 0.211. The number of nitrogens with zero attached hydrogens (tertiary/aromatic N) is 1. The number of benzene rings is 2. The molecule has 25 heavy (non-hydrogen) atoms. The summed E-state index contributed by atoms with van der Waals surface area (Å²) in [5.41, 5.74) is 1.14. The van der Waals surface area contributed by atoms with Crippen LogP contribution < -0.4 is 9.64 Å². The Hall–Kier alpha value is -2.66. The Bertz CT molecular complexity index is 832. The highest BCUT2D eigenvalue weighted by Crippen LogP contribution is 2.31. The highest BCUT2D eigenvalue weighted by Gasteiger charge is 2.37. The van der Waals surface area contributed by atoms with E-state index in [1.807, 2.05) is 0 Å². The monoisotopic (exact) mass is 357 g/mol. The molecule has 1 fully saturated rings. The Balaban J connectivity index is 1.68. The maximum Gasteiger partial charge on any atom is 0.316 e. The van der Waals surface area contributed by atoms with Crippen LogP contribution in [-0.4, -0.2) is 24.2 Å². The summed E-state index contributed by atoms with van der Waals surface area (Å²) >= 11 is 6.13. The van der Waals surface area contributed by atoms with Crippen LogP contribution in [0.1, 0.15) is 23.7 Å². The molecular formula is C19H16ClNO4. The molecule has 0 aliphatic carbocycles. The van der Waals surface area contributed by atoms with Crippen LogP contribution in [-0.2, 0) is 9.59 Å². The molecule has 0 unspecified atom stereocenters. The summed E-state index contributed by atoms with van der Waals surface area (Å²) in [5, 5.41) is 0.463.